The van der Waals surface area contributed by atoms with E-state index in [2.05, 4.69) is 0 Å². The third kappa shape index (κ3) is 2.48. The van der Waals surface area contributed by atoms with Crippen molar-refractivity contribution in [2.24, 2.45) is 0 Å². The van der Waals surface area contributed by atoms with Crippen molar-refractivity contribution in [1.82, 2.24) is 0 Å². The van der Waals surface area contributed by atoms with Crippen LogP contribution in [0.1, 0.15) is 14.5 Å². The zero-order valence-electron chi connectivity index (χ0n) is 6.38. The Morgan fingerprint density at radius 1 is 1.73 bits per heavy atom. The second-order valence-electron chi connectivity index (χ2n) is 1.93. The van der Waals surface area contributed by atoms with Crippen molar-refractivity contribution in [1.29, 1.82) is 0 Å². The number of rotatable bonds is 1. The molecule has 0 fully saturated rings. The molecule has 0 atom stereocenters. The second kappa shape index (κ2) is 4.11. The van der Waals surface area contributed by atoms with Gasteiger partial charge in [0.15, 0.2) is 0 Å². The van der Waals surface area contributed by atoms with E-state index in [1.807, 2.05) is 0 Å². The number of hydrogen-bond donors (Lipinski definition) is 1. The van der Waals surface area contributed by atoms with E-state index in [4.69, 9.17) is 5.73 Å². The first-order valence-corrected chi connectivity index (χ1v) is 3.50. The average molecular weight is 179 g/mol. The van der Waals surface area contributed by atoms with E-state index in [1.54, 1.807) is 13.0 Å². The van der Waals surface area contributed by atoms with Gasteiger partial charge in [0.2, 0.25) is 0 Å². The molecule has 0 bridgehead atoms. The Hall–Kier alpha value is -0.0300. The van der Waals surface area contributed by atoms with Crippen LogP contribution in [0.3, 0.4) is 0 Å². The number of nitrogens with two attached hydrogens (primary N) is 1. The van der Waals surface area contributed by atoms with Gasteiger partial charge in [-0.25, -0.2) is 0 Å². The average Bonchev–Trinajstić information content (AvgIpc) is 2.10. The predicted molar refractivity (Wildman–Crippen MR) is 37.8 cm³/mol. The standard InChI is InChI=1S/C6H7NO2S.Na/c1-3-2-4(7)5(10-3)6(8)9;/h2H,7H2,1H3,(H,8,9);/q;+1/p-1. The van der Waals surface area contributed by atoms with Gasteiger partial charge >= 0.3 is 29.6 Å². The summed E-state index contributed by atoms with van der Waals surface area (Å²) in [6.07, 6.45) is 0. The monoisotopic (exact) mass is 179 g/mol. The molecule has 1 heterocycles. The van der Waals surface area contributed by atoms with Gasteiger partial charge < -0.3 is 15.6 Å². The van der Waals surface area contributed by atoms with Gasteiger partial charge in [-0.05, 0) is 13.0 Å². The Bertz CT molecular complexity index is 272. The normalized spacial score (nSPS) is 8.82. The molecule has 0 spiro atoms. The molecule has 0 aliphatic carbocycles. The minimum Gasteiger partial charge on any atom is -0.544 e. The third-order valence-corrected chi connectivity index (χ3v) is 2.12. The first-order valence-electron chi connectivity index (χ1n) is 2.68. The topological polar surface area (TPSA) is 66.2 Å². The quantitative estimate of drug-likeness (QED) is 0.467. The third-order valence-electron chi connectivity index (χ3n) is 1.07. The Balaban J connectivity index is 0.000001000. The number of carboxylic acids is 1. The van der Waals surface area contributed by atoms with Crippen molar-refractivity contribution in [3.63, 3.8) is 0 Å². The van der Waals surface area contributed by atoms with Gasteiger partial charge in [0.25, 0.3) is 0 Å². The summed E-state index contributed by atoms with van der Waals surface area (Å²) in [6, 6.07) is 1.62. The smallest absolute Gasteiger partial charge is 0.544 e. The van der Waals surface area contributed by atoms with Crippen molar-refractivity contribution < 1.29 is 39.5 Å². The molecule has 0 saturated carbocycles. The van der Waals surface area contributed by atoms with Crippen LogP contribution in [-0.2, 0) is 0 Å². The molecule has 54 valence electrons. The molecule has 0 amide bonds. The maximum Gasteiger partial charge on any atom is 1.00 e. The SMILES string of the molecule is Cc1cc(N)c(C(=O)[O-])s1.[Na+]. The van der Waals surface area contributed by atoms with E-state index in [1.165, 1.54) is 0 Å². The van der Waals surface area contributed by atoms with Gasteiger partial charge in [0.05, 0.1) is 16.5 Å². The molecular weight excluding hydrogens is 173 g/mol. The number of carbonyl (C=O) groups excluding carboxylic acids is 1. The molecule has 0 radical (unpaired) electrons. The molecule has 2 N–H and O–H groups in total. The van der Waals surface area contributed by atoms with Gasteiger partial charge in [-0.15, -0.1) is 11.3 Å². The molecule has 0 aliphatic heterocycles. The summed E-state index contributed by atoms with van der Waals surface area (Å²) in [6.45, 7) is 1.80. The maximum atomic E-state index is 10.3. The molecule has 0 unspecified atom stereocenters. The fraction of sp³-hybridized carbons (Fsp3) is 0.167. The van der Waals surface area contributed by atoms with Crippen molar-refractivity contribution in [2.45, 2.75) is 6.92 Å². The first-order chi connectivity index (χ1) is 4.61. The van der Waals surface area contributed by atoms with Crippen molar-refractivity contribution in [2.75, 3.05) is 5.73 Å². The fourth-order valence-electron chi connectivity index (χ4n) is 0.693. The number of hydrogen-bond acceptors (Lipinski definition) is 4. The minimum atomic E-state index is -1.20. The van der Waals surface area contributed by atoms with E-state index in [-0.39, 0.29) is 34.4 Å². The zero-order chi connectivity index (χ0) is 7.72. The Morgan fingerprint density at radius 3 is 2.45 bits per heavy atom. The number of aromatic carboxylic acids is 1. The van der Waals surface area contributed by atoms with E-state index >= 15 is 0 Å². The van der Waals surface area contributed by atoms with Crippen LogP contribution in [0.5, 0.6) is 0 Å². The Kier molecular flexibility index (Phi) is 4.10. The molecule has 0 aromatic carbocycles. The molecular formula is C6H6NNaO2S. The number of thiophene rings is 1. The molecule has 0 aliphatic rings. The summed E-state index contributed by atoms with van der Waals surface area (Å²) in [4.78, 5) is 11.3. The Labute approximate surface area is 90.5 Å². The van der Waals surface area contributed by atoms with E-state index in [9.17, 15) is 9.90 Å². The summed E-state index contributed by atoms with van der Waals surface area (Å²) >= 11 is 1.14. The van der Waals surface area contributed by atoms with E-state index < -0.39 is 5.97 Å². The van der Waals surface area contributed by atoms with E-state index in [0.717, 1.165) is 16.2 Å². The van der Waals surface area contributed by atoms with Crippen LogP contribution in [0, 0.1) is 6.92 Å². The summed E-state index contributed by atoms with van der Waals surface area (Å²) < 4.78 is 0. The van der Waals surface area contributed by atoms with Crippen LogP contribution in [-0.4, -0.2) is 5.97 Å². The first kappa shape index (κ1) is 11.0. The summed E-state index contributed by atoms with van der Waals surface area (Å²) in [5.41, 5.74) is 5.63. The summed E-state index contributed by atoms with van der Waals surface area (Å²) in [5.74, 6) is -1.20. The van der Waals surface area contributed by atoms with Gasteiger partial charge in [-0.3, -0.25) is 0 Å². The van der Waals surface area contributed by atoms with Gasteiger partial charge in [-0.1, -0.05) is 0 Å². The molecule has 0 saturated heterocycles. The van der Waals surface area contributed by atoms with E-state index in [0.29, 0.717) is 5.69 Å². The maximum absolute atomic E-state index is 10.3. The predicted octanol–water partition coefficient (Wildman–Crippen LogP) is -2.99. The van der Waals surface area contributed by atoms with Crippen LogP contribution in [0.15, 0.2) is 6.07 Å². The summed E-state index contributed by atoms with van der Waals surface area (Å²) in [7, 11) is 0. The number of carboxylic acid groups (broad SMARTS) is 1. The summed E-state index contributed by atoms with van der Waals surface area (Å²) in [5, 5.41) is 10.3. The Morgan fingerprint density at radius 2 is 2.27 bits per heavy atom. The molecule has 1 rings (SSSR count). The number of anilines is 1. The van der Waals surface area contributed by atoms with Crippen molar-refractivity contribution >= 4 is 23.0 Å². The van der Waals surface area contributed by atoms with Crippen molar-refractivity contribution in [3.05, 3.63) is 15.8 Å². The number of aryl methyl sites for hydroxylation is 1. The van der Waals surface area contributed by atoms with Gasteiger partial charge in [0, 0.05) is 4.88 Å². The second-order valence-corrected chi connectivity index (χ2v) is 3.19. The van der Waals surface area contributed by atoms with Gasteiger partial charge in [0.1, 0.15) is 0 Å². The zero-order valence-corrected chi connectivity index (χ0v) is 9.20. The largest absolute Gasteiger partial charge is 1.00 e. The van der Waals surface area contributed by atoms with Crippen LogP contribution in [0.25, 0.3) is 0 Å². The minimum absolute atomic E-state index is 0. The fourth-order valence-corrected chi connectivity index (χ4v) is 1.46. The van der Waals surface area contributed by atoms with Crippen LogP contribution < -0.4 is 40.4 Å². The molecule has 1 aromatic rings. The molecule has 11 heavy (non-hydrogen) atoms. The van der Waals surface area contributed by atoms with Crippen molar-refractivity contribution in [3.8, 4) is 0 Å². The number of nitrogen functional groups attached to an aromatic ring is 1. The van der Waals surface area contributed by atoms with Crippen LogP contribution in [0.2, 0.25) is 0 Å². The molecule has 3 nitrogen and oxygen atoms in total. The molecule has 1 aromatic heterocycles. The van der Waals surface area contributed by atoms with Crippen LogP contribution >= 0.6 is 11.3 Å². The van der Waals surface area contributed by atoms with Crippen LogP contribution in [0.4, 0.5) is 5.69 Å². The number of carbonyl (C=O) groups is 1. The van der Waals surface area contributed by atoms with Gasteiger partial charge in [-0.2, -0.15) is 0 Å². The molecule has 5 heteroatoms.